The summed E-state index contributed by atoms with van der Waals surface area (Å²) in [4.78, 5) is 73.1. The topological polar surface area (TPSA) is 237 Å². The minimum atomic E-state index is -4.96. The molecule has 606 valence electrons. The van der Waals surface area contributed by atoms with Crippen LogP contribution in [0, 0.1) is 11.8 Å². The third-order valence-corrected chi connectivity index (χ3v) is 21.7. The smallest absolute Gasteiger partial charge is 0.462 e. The number of rotatable bonds is 82. The Hall–Kier alpha value is -1.94. The van der Waals surface area contributed by atoms with Crippen LogP contribution in [0.3, 0.4) is 0 Å². The molecule has 0 bridgehead atoms. The van der Waals surface area contributed by atoms with Crippen LogP contribution in [0.4, 0.5) is 0 Å². The first-order chi connectivity index (χ1) is 49.4. The highest BCUT2D eigenvalue weighted by atomic mass is 31.2. The van der Waals surface area contributed by atoms with Gasteiger partial charge < -0.3 is 33.8 Å². The van der Waals surface area contributed by atoms with Crippen LogP contribution in [0.15, 0.2) is 0 Å². The zero-order valence-corrected chi connectivity index (χ0v) is 68.7. The number of carbonyl (C=O) groups excluding carboxylic acids is 4. The molecule has 17 nitrogen and oxygen atoms in total. The van der Waals surface area contributed by atoms with Gasteiger partial charge in [-0.05, 0) is 37.5 Å². The fraction of sp³-hybridized carbons (Fsp3) is 0.952. The van der Waals surface area contributed by atoms with E-state index < -0.39 is 97.5 Å². The highest BCUT2D eigenvalue weighted by Crippen LogP contribution is 2.45. The Morgan fingerprint density at radius 1 is 0.284 bits per heavy atom. The van der Waals surface area contributed by atoms with Crippen LogP contribution in [0.2, 0.25) is 0 Å². The van der Waals surface area contributed by atoms with E-state index in [4.69, 9.17) is 37.0 Å². The molecule has 19 heteroatoms. The summed E-state index contributed by atoms with van der Waals surface area (Å²) in [6, 6.07) is 0. The van der Waals surface area contributed by atoms with Crippen molar-refractivity contribution in [3.05, 3.63) is 0 Å². The number of aliphatic hydroxyl groups excluding tert-OH is 1. The fourth-order valence-corrected chi connectivity index (χ4v) is 14.4. The Labute approximate surface area is 626 Å². The standard InChI is InChI=1S/C83H162O17P2/c1-7-10-12-14-16-18-20-22-27-31-35-42-48-54-60-66-81(86)94-71-78(99-82(87)67-61-55-49-43-36-32-29-26-24-23-25-28-30-33-40-46-52-58-64-76(6)9-3)73-97-101(89,90)95-69-77(84)70-96-102(91,92)98-74-79(72-93-80(85)65-59-53-47-41-34-21-19-17-15-13-11-8-2)100-83(88)68-62-56-50-44-38-37-39-45-51-57-63-75(4)5/h75-79,84H,7-74H2,1-6H3,(H,89,90)(H,91,92)/t76?,77-,78-,79-/m1/s1. The molecular formula is C83H162O17P2. The molecule has 0 amide bonds. The third kappa shape index (κ3) is 74.9. The number of esters is 4. The highest BCUT2D eigenvalue weighted by Gasteiger charge is 2.30. The van der Waals surface area contributed by atoms with Crippen molar-refractivity contribution in [2.24, 2.45) is 11.8 Å². The summed E-state index contributed by atoms with van der Waals surface area (Å²) in [5, 5.41) is 10.7. The van der Waals surface area contributed by atoms with Gasteiger partial charge in [-0.2, -0.15) is 0 Å². The summed E-state index contributed by atoms with van der Waals surface area (Å²) in [5.74, 6) is -0.481. The molecule has 0 heterocycles. The van der Waals surface area contributed by atoms with Crippen LogP contribution in [0.1, 0.15) is 440 Å². The van der Waals surface area contributed by atoms with Crippen LogP contribution < -0.4 is 0 Å². The van der Waals surface area contributed by atoms with Gasteiger partial charge >= 0.3 is 39.5 Å². The van der Waals surface area contributed by atoms with Crippen molar-refractivity contribution in [3.63, 3.8) is 0 Å². The molecule has 0 fully saturated rings. The number of hydrogen-bond acceptors (Lipinski definition) is 15. The monoisotopic (exact) mass is 1490 g/mol. The maximum absolute atomic E-state index is 13.1. The maximum Gasteiger partial charge on any atom is 0.472 e. The summed E-state index contributed by atoms with van der Waals surface area (Å²) in [7, 11) is -9.92. The van der Waals surface area contributed by atoms with Crippen molar-refractivity contribution < 1.29 is 80.2 Å². The van der Waals surface area contributed by atoms with E-state index in [1.54, 1.807) is 0 Å². The first kappa shape index (κ1) is 100. The Morgan fingerprint density at radius 2 is 0.500 bits per heavy atom. The largest absolute Gasteiger partial charge is 0.472 e. The second-order valence-electron chi connectivity index (χ2n) is 30.6. The van der Waals surface area contributed by atoms with Crippen molar-refractivity contribution in [1.82, 2.24) is 0 Å². The van der Waals surface area contributed by atoms with Crippen molar-refractivity contribution >= 4 is 39.5 Å². The van der Waals surface area contributed by atoms with E-state index in [0.29, 0.717) is 25.7 Å². The van der Waals surface area contributed by atoms with E-state index in [9.17, 15) is 43.2 Å². The first-order valence-corrected chi connectivity index (χ1v) is 46.0. The molecule has 0 aromatic rings. The molecule has 0 aromatic carbocycles. The second-order valence-corrected chi connectivity index (χ2v) is 33.5. The van der Waals surface area contributed by atoms with Gasteiger partial charge in [0.15, 0.2) is 12.2 Å². The van der Waals surface area contributed by atoms with Crippen LogP contribution >= 0.6 is 15.6 Å². The summed E-state index contributed by atoms with van der Waals surface area (Å²) >= 11 is 0. The van der Waals surface area contributed by atoms with Crippen molar-refractivity contribution in [3.8, 4) is 0 Å². The van der Waals surface area contributed by atoms with Crippen molar-refractivity contribution in [2.45, 2.75) is 458 Å². The Bertz CT molecular complexity index is 1960. The van der Waals surface area contributed by atoms with Gasteiger partial charge in [0.1, 0.15) is 19.3 Å². The molecule has 0 spiro atoms. The van der Waals surface area contributed by atoms with Gasteiger partial charge in [0, 0.05) is 25.7 Å². The molecule has 0 aliphatic carbocycles. The van der Waals surface area contributed by atoms with Crippen molar-refractivity contribution in [2.75, 3.05) is 39.6 Å². The van der Waals surface area contributed by atoms with Gasteiger partial charge in [0.2, 0.25) is 0 Å². The third-order valence-electron chi connectivity index (χ3n) is 19.8. The van der Waals surface area contributed by atoms with Gasteiger partial charge in [0.05, 0.1) is 26.4 Å². The van der Waals surface area contributed by atoms with E-state index in [1.165, 1.54) is 257 Å². The Balaban J connectivity index is 5.23. The number of hydrogen-bond donors (Lipinski definition) is 3. The molecule has 0 aliphatic rings. The molecule has 102 heavy (non-hydrogen) atoms. The molecule has 0 radical (unpaired) electrons. The van der Waals surface area contributed by atoms with Crippen LogP contribution in [0.5, 0.6) is 0 Å². The predicted octanol–water partition coefficient (Wildman–Crippen LogP) is 25.1. The predicted molar refractivity (Wildman–Crippen MR) is 418 cm³/mol. The minimum absolute atomic E-state index is 0.107. The van der Waals surface area contributed by atoms with Crippen molar-refractivity contribution in [1.29, 1.82) is 0 Å². The summed E-state index contributed by atoms with van der Waals surface area (Å²) < 4.78 is 68.8. The zero-order chi connectivity index (χ0) is 74.9. The molecule has 0 rings (SSSR count). The average Bonchev–Trinajstić information content (AvgIpc) is 0.917. The number of aliphatic hydroxyl groups is 1. The SMILES string of the molecule is CCCCCCCCCCCCCCCCCC(=O)OC[C@H](COP(=O)(O)OC[C@@H](O)COP(=O)(O)OC[C@@H](COC(=O)CCCCCCCCCCCCCC)OC(=O)CCCCCCCCCCCCC(C)C)OC(=O)CCCCCCCCCCCCCCCCCCCCC(C)CC. The molecule has 0 saturated heterocycles. The van der Waals surface area contributed by atoms with E-state index in [1.807, 2.05) is 0 Å². The molecular weight excluding hydrogens is 1330 g/mol. The highest BCUT2D eigenvalue weighted by molar-refractivity contribution is 7.47. The number of phosphoric ester groups is 2. The summed E-state index contributed by atoms with van der Waals surface area (Å²) in [6.45, 7) is 9.71. The van der Waals surface area contributed by atoms with Crippen LogP contribution in [-0.4, -0.2) is 96.7 Å². The quantitative estimate of drug-likeness (QED) is 0.0222. The number of ether oxygens (including phenoxy) is 4. The van der Waals surface area contributed by atoms with Gasteiger partial charge in [-0.25, -0.2) is 9.13 Å². The second kappa shape index (κ2) is 74.5. The summed E-state index contributed by atoms with van der Waals surface area (Å²) in [6.07, 6.45) is 65.1. The van der Waals surface area contributed by atoms with Crippen LogP contribution in [-0.2, 0) is 65.4 Å². The number of carbonyl (C=O) groups is 4. The van der Waals surface area contributed by atoms with Gasteiger partial charge in [-0.1, -0.05) is 388 Å². The summed E-state index contributed by atoms with van der Waals surface area (Å²) in [5.41, 5.74) is 0. The van der Waals surface area contributed by atoms with Crippen LogP contribution in [0.25, 0.3) is 0 Å². The lowest BCUT2D eigenvalue weighted by Gasteiger charge is -2.21. The Morgan fingerprint density at radius 3 is 0.745 bits per heavy atom. The first-order valence-electron chi connectivity index (χ1n) is 43.0. The van der Waals surface area contributed by atoms with Gasteiger partial charge in [-0.15, -0.1) is 0 Å². The lowest BCUT2D eigenvalue weighted by molar-refractivity contribution is -0.161. The van der Waals surface area contributed by atoms with Gasteiger partial charge in [0.25, 0.3) is 0 Å². The van der Waals surface area contributed by atoms with E-state index in [0.717, 1.165) is 102 Å². The number of unbranched alkanes of at least 4 members (excludes halogenated alkanes) is 51. The van der Waals surface area contributed by atoms with E-state index in [-0.39, 0.29) is 25.7 Å². The molecule has 3 unspecified atom stereocenters. The fourth-order valence-electron chi connectivity index (χ4n) is 12.9. The number of phosphoric acid groups is 2. The van der Waals surface area contributed by atoms with E-state index in [2.05, 4.69) is 41.5 Å². The molecule has 0 aromatic heterocycles. The zero-order valence-electron chi connectivity index (χ0n) is 66.9. The lowest BCUT2D eigenvalue weighted by atomic mass is 9.99. The average molecular weight is 1490 g/mol. The van der Waals surface area contributed by atoms with Gasteiger partial charge in [-0.3, -0.25) is 37.3 Å². The molecule has 3 N–H and O–H groups in total. The molecule has 0 aliphatic heterocycles. The minimum Gasteiger partial charge on any atom is -0.462 e. The Kier molecular flexibility index (Phi) is 73.1. The molecule has 6 atom stereocenters. The maximum atomic E-state index is 13.1. The lowest BCUT2D eigenvalue weighted by Crippen LogP contribution is -2.30. The molecule has 0 saturated carbocycles. The normalized spacial score (nSPS) is 14.1. The van der Waals surface area contributed by atoms with E-state index >= 15 is 0 Å².